The van der Waals surface area contributed by atoms with Gasteiger partial charge in [0.1, 0.15) is 0 Å². The Bertz CT molecular complexity index is 403. The first-order valence-electron chi connectivity index (χ1n) is 4.33. The number of aryl methyl sites for hydroxylation is 1. The van der Waals surface area contributed by atoms with Crippen LogP contribution in [-0.2, 0) is 16.4 Å². The van der Waals surface area contributed by atoms with E-state index in [2.05, 4.69) is 18.9 Å². The number of hydrogen-bond acceptors (Lipinski definition) is 2. The Hall–Kier alpha value is -1.35. The molecule has 4 heteroatoms. The van der Waals surface area contributed by atoms with Gasteiger partial charge in [-0.2, -0.15) is 0 Å². The van der Waals surface area contributed by atoms with Gasteiger partial charge in [0.15, 0.2) is 0 Å². The molecule has 0 heterocycles. The lowest BCUT2D eigenvalue weighted by Gasteiger charge is -1.98. The predicted octanol–water partition coefficient (Wildman–Crippen LogP) is 1.47. The molecule has 15 heavy (non-hydrogen) atoms. The minimum Gasteiger partial charge on any atom is -0.229 e. The summed E-state index contributed by atoms with van der Waals surface area (Å²) >= 11 is 0. The normalized spacial score (nSPS) is 9.67. The fourth-order valence-electron chi connectivity index (χ4n) is 0.905. The summed E-state index contributed by atoms with van der Waals surface area (Å²) in [6.07, 6.45) is 0.486. The van der Waals surface area contributed by atoms with E-state index >= 15 is 0 Å². The Kier molecular flexibility index (Phi) is 6.38. The summed E-state index contributed by atoms with van der Waals surface area (Å²) in [4.78, 5) is 0. The van der Waals surface area contributed by atoms with Gasteiger partial charge >= 0.3 is 0 Å². The standard InChI is InChI=1S/C8H11NO2S.C3H4/c9-12(10,11)7-6-8-4-2-1-3-5-8;1-3-2/h1-5H,6-7H2,(H2,9,10,11);1-2H2. The van der Waals surface area contributed by atoms with Crippen molar-refractivity contribution in [3.05, 3.63) is 54.8 Å². The van der Waals surface area contributed by atoms with Crippen molar-refractivity contribution < 1.29 is 8.42 Å². The monoisotopic (exact) mass is 225 g/mol. The van der Waals surface area contributed by atoms with Crippen molar-refractivity contribution in [2.45, 2.75) is 6.42 Å². The number of nitrogens with two attached hydrogens (primary N) is 1. The van der Waals surface area contributed by atoms with Crippen LogP contribution in [0.3, 0.4) is 0 Å². The van der Waals surface area contributed by atoms with Crippen molar-refractivity contribution >= 4 is 10.0 Å². The first kappa shape index (κ1) is 13.7. The number of hydrogen-bond donors (Lipinski definition) is 1. The molecule has 0 aliphatic rings. The minimum absolute atomic E-state index is 0.0109. The van der Waals surface area contributed by atoms with E-state index in [0.29, 0.717) is 6.42 Å². The first-order valence-corrected chi connectivity index (χ1v) is 6.04. The largest absolute Gasteiger partial charge is 0.229 e. The summed E-state index contributed by atoms with van der Waals surface area (Å²) in [7, 11) is -3.32. The number of sulfonamides is 1. The Morgan fingerprint density at radius 3 is 2.07 bits per heavy atom. The average Bonchev–Trinajstić information content (AvgIpc) is 2.17. The molecule has 0 saturated carbocycles. The summed E-state index contributed by atoms with van der Waals surface area (Å²) in [6.45, 7) is 6.25. The van der Waals surface area contributed by atoms with Gasteiger partial charge in [0, 0.05) is 0 Å². The number of benzene rings is 1. The maximum Gasteiger partial charge on any atom is 0.209 e. The summed E-state index contributed by atoms with van der Waals surface area (Å²) in [5.74, 6) is 0.0109. The Morgan fingerprint density at radius 2 is 1.67 bits per heavy atom. The highest BCUT2D eigenvalue weighted by molar-refractivity contribution is 7.89. The number of rotatable bonds is 3. The molecule has 1 aromatic rings. The van der Waals surface area contributed by atoms with Crippen LogP contribution in [0.1, 0.15) is 5.56 Å². The van der Waals surface area contributed by atoms with E-state index in [1.807, 2.05) is 30.3 Å². The highest BCUT2D eigenvalue weighted by Gasteiger charge is 2.01. The summed E-state index contributed by atoms with van der Waals surface area (Å²) in [5.41, 5.74) is 3.24. The lowest BCUT2D eigenvalue weighted by molar-refractivity contribution is 0.597. The van der Waals surface area contributed by atoms with Crippen LogP contribution in [0.2, 0.25) is 0 Å². The molecular formula is C11H15NO2S. The molecule has 1 rings (SSSR count). The third kappa shape index (κ3) is 8.97. The van der Waals surface area contributed by atoms with Crippen molar-refractivity contribution in [3.8, 4) is 0 Å². The van der Waals surface area contributed by atoms with Gasteiger partial charge < -0.3 is 0 Å². The SMILES string of the molecule is C=C=C.NS(=O)(=O)CCc1ccccc1. The van der Waals surface area contributed by atoms with Gasteiger partial charge in [0.05, 0.1) is 5.75 Å². The third-order valence-electron chi connectivity index (χ3n) is 1.52. The second-order valence-electron chi connectivity index (χ2n) is 2.85. The van der Waals surface area contributed by atoms with E-state index in [9.17, 15) is 8.42 Å². The maximum atomic E-state index is 10.6. The summed E-state index contributed by atoms with van der Waals surface area (Å²) in [5, 5.41) is 4.86. The van der Waals surface area contributed by atoms with Crippen LogP contribution in [0, 0.1) is 0 Å². The lowest BCUT2D eigenvalue weighted by Crippen LogP contribution is -2.17. The van der Waals surface area contributed by atoms with Crippen LogP contribution in [0.4, 0.5) is 0 Å². The van der Waals surface area contributed by atoms with Gasteiger partial charge in [-0.25, -0.2) is 13.6 Å². The molecule has 3 nitrogen and oxygen atoms in total. The fourth-order valence-corrected chi connectivity index (χ4v) is 1.43. The topological polar surface area (TPSA) is 60.2 Å². The predicted molar refractivity (Wildman–Crippen MR) is 62.9 cm³/mol. The summed E-state index contributed by atoms with van der Waals surface area (Å²) in [6, 6.07) is 9.40. The Balaban J connectivity index is 0.000000583. The molecule has 0 atom stereocenters. The van der Waals surface area contributed by atoms with Crippen LogP contribution in [0.25, 0.3) is 0 Å². The minimum atomic E-state index is -3.32. The van der Waals surface area contributed by atoms with E-state index in [-0.39, 0.29) is 5.75 Å². The molecule has 82 valence electrons. The van der Waals surface area contributed by atoms with Crippen LogP contribution in [0.15, 0.2) is 49.2 Å². The Labute approximate surface area is 91.0 Å². The lowest BCUT2D eigenvalue weighted by atomic mass is 10.2. The smallest absolute Gasteiger partial charge is 0.209 e. The molecule has 0 fully saturated rings. The van der Waals surface area contributed by atoms with Crippen LogP contribution in [-0.4, -0.2) is 14.2 Å². The van der Waals surface area contributed by atoms with Crippen molar-refractivity contribution in [2.75, 3.05) is 5.75 Å². The second kappa shape index (κ2) is 7.01. The van der Waals surface area contributed by atoms with Crippen LogP contribution >= 0.6 is 0 Å². The van der Waals surface area contributed by atoms with E-state index < -0.39 is 10.0 Å². The van der Waals surface area contributed by atoms with Gasteiger partial charge in [0.2, 0.25) is 10.0 Å². The quantitative estimate of drug-likeness (QED) is 0.792. The fraction of sp³-hybridized carbons (Fsp3) is 0.182. The van der Waals surface area contributed by atoms with Gasteiger partial charge in [-0.15, -0.1) is 5.73 Å². The van der Waals surface area contributed by atoms with Crippen molar-refractivity contribution in [1.29, 1.82) is 0 Å². The molecule has 2 N–H and O–H groups in total. The maximum absolute atomic E-state index is 10.6. The molecule has 0 aliphatic carbocycles. The van der Waals surface area contributed by atoms with E-state index in [1.54, 1.807) is 0 Å². The first-order chi connectivity index (χ1) is 6.99. The molecule has 0 amide bonds. The summed E-state index contributed by atoms with van der Waals surface area (Å²) < 4.78 is 21.2. The molecule has 0 spiro atoms. The zero-order valence-corrected chi connectivity index (χ0v) is 9.33. The highest BCUT2D eigenvalue weighted by Crippen LogP contribution is 1.99. The van der Waals surface area contributed by atoms with Gasteiger partial charge in [-0.3, -0.25) is 0 Å². The molecule has 0 bridgehead atoms. The third-order valence-corrected chi connectivity index (χ3v) is 2.29. The molecule has 0 aliphatic heterocycles. The van der Waals surface area contributed by atoms with E-state index in [0.717, 1.165) is 5.56 Å². The second-order valence-corrected chi connectivity index (χ2v) is 4.59. The zero-order valence-electron chi connectivity index (χ0n) is 8.52. The van der Waals surface area contributed by atoms with E-state index in [4.69, 9.17) is 5.14 Å². The van der Waals surface area contributed by atoms with Crippen LogP contribution in [0.5, 0.6) is 0 Å². The van der Waals surface area contributed by atoms with E-state index in [1.165, 1.54) is 0 Å². The molecule has 0 unspecified atom stereocenters. The molecule has 0 saturated heterocycles. The van der Waals surface area contributed by atoms with Gasteiger partial charge in [-0.1, -0.05) is 43.5 Å². The number of primary sulfonamides is 1. The van der Waals surface area contributed by atoms with Crippen molar-refractivity contribution in [2.24, 2.45) is 5.14 Å². The molecular weight excluding hydrogens is 210 g/mol. The molecule has 0 aromatic heterocycles. The van der Waals surface area contributed by atoms with Crippen LogP contribution < -0.4 is 5.14 Å². The molecule has 0 radical (unpaired) electrons. The van der Waals surface area contributed by atoms with Crippen molar-refractivity contribution in [1.82, 2.24) is 0 Å². The highest BCUT2D eigenvalue weighted by atomic mass is 32.2. The van der Waals surface area contributed by atoms with Gasteiger partial charge in [-0.05, 0) is 12.0 Å². The van der Waals surface area contributed by atoms with Crippen molar-refractivity contribution in [3.63, 3.8) is 0 Å². The Morgan fingerprint density at radius 1 is 1.20 bits per heavy atom. The average molecular weight is 225 g/mol. The molecule has 1 aromatic carbocycles. The zero-order chi connectivity index (χ0) is 11.7. The van der Waals surface area contributed by atoms with Gasteiger partial charge in [0.25, 0.3) is 0 Å².